The van der Waals surface area contributed by atoms with Crippen molar-refractivity contribution in [2.45, 2.75) is 13.0 Å². The first-order chi connectivity index (χ1) is 9.58. The van der Waals surface area contributed by atoms with E-state index in [4.69, 9.17) is 9.47 Å². The number of nitrogens with zero attached hydrogens (tertiary/aromatic N) is 1. The fraction of sp³-hybridized carbons (Fsp3) is 0.533. The lowest BCUT2D eigenvalue weighted by Crippen LogP contribution is -2.35. The van der Waals surface area contributed by atoms with Crippen molar-refractivity contribution in [2.24, 2.45) is 0 Å². The molecule has 0 aliphatic carbocycles. The van der Waals surface area contributed by atoms with E-state index in [1.165, 1.54) is 0 Å². The van der Waals surface area contributed by atoms with Crippen molar-refractivity contribution in [3.05, 3.63) is 29.8 Å². The molecule has 1 aromatic rings. The smallest absolute Gasteiger partial charge is 0.327 e. The van der Waals surface area contributed by atoms with Gasteiger partial charge in [0.1, 0.15) is 11.8 Å². The monoisotopic (exact) mass is 280 g/mol. The van der Waals surface area contributed by atoms with Crippen molar-refractivity contribution >= 4 is 5.97 Å². The van der Waals surface area contributed by atoms with Crippen LogP contribution in [0, 0.1) is 0 Å². The summed E-state index contributed by atoms with van der Waals surface area (Å²) in [6, 6.07) is 7.00. The lowest BCUT2D eigenvalue weighted by atomic mass is 10.1. The zero-order valence-corrected chi connectivity index (χ0v) is 12.7. The highest BCUT2D eigenvalue weighted by Crippen LogP contribution is 2.18. The van der Waals surface area contributed by atoms with Gasteiger partial charge >= 0.3 is 5.97 Å². The van der Waals surface area contributed by atoms with Crippen LogP contribution in [0.15, 0.2) is 24.3 Å². The molecule has 0 fully saturated rings. The van der Waals surface area contributed by atoms with Crippen LogP contribution in [0.2, 0.25) is 0 Å². The molecular formula is C15H24N2O3. The Hall–Kier alpha value is -1.59. The van der Waals surface area contributed by atoms with Gasteiger partial charge in [0.15, 0.2) is 0 Å². The Kier molecular flexibility index (Phi) is 7.04. The summed E-state index contributed by atoms with van der Waals surface area (Å²) in [7, 11) is 5.61. The third kappa shape index (κ3) is 5.19. The summed E-state index contributed by atoms with van der Waals surface area (Å²) in [6.07, 6.45) is 0. The Morgan fingerprint density at radius 2 is 1.95 bits per heavy atom. The Morgan fingerprint density at radius 3 is 2.45 bits per heavy atom. The lowest BCUT2D eigenvalue weighted by Gasteiger charge is -2.19. The topological polar surface area (TPSA) is 50.8 Å². The van der Waals surface area contributed by atoms with E-state index in [1.807, 2.05) is 45.3 Å². The molecule has 0 amide bonds. The second kappa shape index (κ2) is 8.55. The normalized spacial score (nSPS) is 12.2. The number of methoxy groups -OCH3 is 1. The van der Waals surface area contributed by atoms with Gasteiger partial charge in [0.05, 0.1) is 13.7 Å². The van der Waals surface area contributed by atoms with Crippen LogP contribution in [-0.4, -0.2) is 51.8 Å². The molecule has 0 saturated carbocycles. The van der Waals surface area contributed by atoms with Gasteiger partial charge in [-0.25, -0.2) is 4.79 Å². The average molecular weight is 280 g/mol. The third-order valence-electron chi connectivity index (χ3n) is 2.88. The van der Waals surface area contributed by atoms with E-state index < -0.39 is 6.04 Å². The fourth-order valence-corrected chi connectivity index (χ4v) is 1.79. The molecule has 5 nitrogen and oxygen atoms in total. The van der Waals surface area contributed by atoms with Crippen molar-refractivity contribution in [2.75, 3.05) is 40.9 Å². The molecule has 0 bridgehead atoms. The van der Waals surface area contributed by atoms with Crippen molar-refractivity contribution < 1.29 is 14.3 Å². The molecule has 112 valence electrons. The number of hydrogen-bond donors (Lipinski definition) is 1. The largest absolute Gasteiger partial charge is 0.497 e. The number of benzene rings is 1. The van der Waals surface area contributed by atoms with Gasteiger partial charge in [-0.15, -0.1) is 0 Å². The van der Waals surface area contributed by atoms with Crippen LogP contribution >= 0.6 is 0 Å². The number of carbonyl (C=O) groups is 1. The first-order valence-corrected chi connectivity index (χ1v) is 6.77. The van der Waals surface area contributed by atoms with Gasteiger partial charge in [-0.1, -0.05) is 12.1 Å². The van der Waals surface area contributed by atoms with Gasteiger partial charge in [0, 0.05) is 13.1 Å². The Balaban J connectivity index is 2.76. The number of rotatable bonds is 8. The molecule has 0 aromatic heterocycles. The molecule has 1 rings (SSSR count). The van der Waals surface area contributed by atoms with Crippen LogP contribution in [0.1, 0.15) is 18.5 Å². The van der Waals surface area contributed by atoms with E-state index in [1.54, 1.807) is 7.11 Å². The standard InChI is InChI=1S/C15H24N2O3/c1-5-20-15(18)14(16-10-11-17(2)3)12-6-8-13(19-4)9-7-12/h6-9,14,16H,5,10-11H2,1-4H3. The lowest BCUT2D eigenvalue weighted by molar-refractivity contribution is -0.145. The molecular weight excluding hydrogens is 256 g/mol. The van der Waals surface area contributed by atoms with Gasteiger partial charge in [-0.3, -0.25) is 5.32 Å². The van der Waals surface area contributed by atoms with E-state index in [2.05, 4.69) is 10.2 Å². The average Bonchev–Trinajstić information content (AvgIpc) is 2.44. The van der Waals surface area contributed by atoms with E-state index in [0.29, 0.717) is 13.2 Å². The third-order valence-corrected chi connectivity index (χ3v) is 2.88. The van der Waals surface area contributed by atoms with Crippen LogP contribution < -0.4 is 10.1 Å². The second-order valence-electron chi connectivity index (χ2n) is 4.72. The van der Waals surface area contributed by atoms with Crippen molar-refractivity contribution in [3.63, 3.8) is 0 Å². The zero-order valence-electron chi connectivity index (χ0n) is 12.7. The highest BCUT2D eigenvalue weighted by Gasteiger charge is 2.21. The second-order valence-corrected chi connectivity index (χ2v) is 4.72. The minimum absolute atomic E-state index is 0.253. The Labute approximate surface area is 120 Å². The first kappa shape index (κ1) is 16.5. The highest BCUT2D eigenvalue weighted by molar-refractivity contribution is 5.77. The zero-order chi connectivity index (χ0) is 15.0. The SMILES string of the molecule is CCOC(=O)C(NCCN(C)C)c1ccc(OC)cc1. The molecule has 20 heavy (non-hydrogen) atoms. The minimum atomic E-state index is -0.444. The minimum Gasteiger partial charge on any atom is -0.497 e. The molecule has 1 atom stereocenters. The summed E-state index contributed by atoms with van der Waals surface area (Å²) in [5.74, 6) is 0.515. The number of likely N-dealkylation sites (N-methyl/N-ethyl adjacent to an activating group) is 1. The van der Waals surface area contributed by atoms with E-state index in [9.17, 15) is 4.79 Å². The van der Waals surface area contributed by atoms with E-state index in [-0.39, 0.29) is 5.97 Å². The molecule has 0 saturated heterocycles. The molecule has 0 radical (unpaired) electrons. The maximum absolute atomic E-state index is 12.0. The van der Waals surface area contributed by atoms with Crippen molar-refractivity contribution in [1.29, 1.82) is 0 Å². The highest BCUT2D eigenvalue weighted by atomic mass is 16.5. The number of nitrogens with one attached hydrogen (secondary N) is 1. The first-order valence-electron chi connectivity index (χ1n) is 6.77. The van der Waals surface area contributed by atoms with Crippen LogP contribution in [0.4, 0.5) is 0 Å². The molecule has 1 unspecified atom stereocenters. The molecule has 1 aromatic carbocycles. The quantitative estimate of drug-likeness (QED) is 0.730. The number of hydrogen-bond acceptors (Lipinski definition) is 5. The van der Waals surface area contributed by atoms with Gasteiger partial charge in [0.25, 0.3) is 0 Å². The van der Waals surface area contributed by atoms with Crippen LogP contribution in [0.25, 0.3) is 0 Å². The summed E-state index contributed by atoms with van der Waals surface area (Å²) < 4.78 is 10.3. The summed E-state index contributed by atoms with van der Waals surface area (Å²) in [5, 5.41) is 3.23. The van der Waals surface area contributed by atoms with E-state index >= 15 is 0 Å². The summed E-state index contributed by atoms with van der Waals surface area (Å²) in [5.41, 5.74) is 0.878. The maximum Gasteiger partial charge on any atom is 0.327 e. The molecule has 5 heteroatoms. The van der Waals surface area contributed by atoms with Crippen LogP contribution in [-0.2, 0) is 9.53 Å². The number of carbonyl (C=O) groups excluding carboxylic acids is 1. The molecule has 0 heterocycles. The Bertz CT molecular complexity index is 404. The van der Waals surface area contributed by atoms with Gasteiger partial charge in [-0.2, -0.15) is 0 Å². The molecule has 1 N–H and O–H groups in total. The molecule has 0 aliphatic heterocycles. The van der Waals surface area contributed by atoms with Gasteiger partial charge in [-0.05, 0) is 38.7 Å². The predicted molar refractivity (Wildman–Crippen MR) is 78.9 cm³/mol. The number of ether oxygens (including phenoxy) is 2. The summed E-state index contributed by atoms with van der Waals surface area (Å²) in [6.45, 7) is 3.75. The molecule has 0 aliphatic rings. The molecule has 0 spiro atoms. The van der Waals surface area contributed by atoms with Crippen molar-refractivity contribution in [3.8, 4) is 5.75 Å². The summed E-state index contributed by atoms with van der Waals surface area (Å²) in [4.78, 5) is 14.1. The maximum atomic E-state index is 12.0. The van der Waals surface area contributed by atoms with Crippen molar-refractivity contribution in [1.82, 2.24) is 10.2 Å². The van der Waals surface area contributed by atoms with E-state index in [0.717, 1.165) is 17.9 Å². The summed E-state index contributed by atoms with van der Waals surface area (Å²) >= 11 is 0. The number of esters is 1. The fourth-order valence-electron chi connectivity index (χ4n) is 1.79. The Morgan fingerprint density at radius 1 is 1.30 bits per heavy atom. The van der Waals surface area contributed by atoms with Crippen LogP contribution in [0.5, 0.6) is 5.75 Å². The predicted octanol–water partition coefficient (Wildman–Crippen LogP) is 1.45. The van der Waals surface area contributed by atoms with Gasteiger partial charge < -0.3 is 14.4 Å². The van der Waals surface area contributed by atoms with Crippen LogP contribution in [0.3, 0.4) is 0 Å². The van der Waals surface area contributed by atoms with Gasteiger partial charge in [0.2, 0.25) is 0 Å².